The van der Waals surface area contributed by atoms with Crippen LogP contribution in [-0.4, -0.2) is 18.4 Å². The minimum atomic E-state index is -3.65. The van der Waals surface area contributed by atoms with Crippen LogP contribution in [0.3, 0.4) is 0 Å². The van der Waals surface area contributed by atoms with Gasteiger partial charge in [-0.1, -0.05) is 23.2 Å². The molecular weight excluding hydrogens is 237 g/mol. The molecule has 0 aromatic carbocycles. The molecule has 72 valence electrons. The lowest BCUT2D eigenvalue weighted by atomic mass is 10.6. The van der Waals surface area contributed by atoms with Crippen molar-refractivity contribution in [3.63, 3.8) is 0 Å². The molecule has 0 fully saturated rings. The fourth-order valence-corrected chi connectivity index (χ4v) is 1.63. The van der Waals surface area contributed by atoms with E-state index in [1.54, 1.807) is 0 Å². The van der Waals surface area contributed by atoms with Crippen molar-refractivity contribution in [3.8, 4) is 0 Å². The molecule has 0 saturated heterocycles. The van der Waals surface area contributed by atoms with Gasteiger partial charge in [0.1, 0.15) is 21.9 Å². The lowest BCUT2D eigenvalue weighted by Crippen LogP contribution is -2.16. The Bertz CT molecular complexity index is 400. The Labute approximate surface area is 84.9 Å². The molecule has 1 rings (SSSR count). The first-order chi connectivity index (χ1) is 5.87. The first-order valence-corrected chi connectivity index (χ1v) is 5.53. The third-order valence-electron chi connectivity index (χ3n) is 1.04. The fourth-order valence-electron chi connectivity index (χ4n) is 0.679. The van der Waals surface area contributed by atoms with Gasteiger partial charge in [-0.2, -0.15) is 0 Å². The molecule has 0 radical (unpaired) electrons. The first kappa shape index (κ1) is 10.6. The highest BCUT2D eigenvalue weighted by Crippen LogP contribution is 2.12. The molecule has 1 aromatic heterocycles. The number of primary sulfonamides is 1. The summed E-state index contributed by atoms with van der Waals surface area (Å²) in [6, 6.07) is 1.30. The molecule has 5 nitrogen and oxygen atoms in total. The SMILES string of the molecule is NS(=O)(=O)Cc1nc(Cl)cc(Cl)n1. The zero-order chi connectivity index (χ0) is 10.1. The molecule has 0 amide bonds. The summed E-state index contributed by atoms with van der Waals surface area (Å²) in [5.41, 5.74) is 0. The van der Waals surface area contributed by atoms with Crippen molar-refractivity contribution in [2.75, 3.05) is 0 Å². The molecule has 0 aliphatic heterocycles. The van der Waals surface area contributed by atoms with Gasteiger partial charge in [0.15, 0.2) is 0 Å². The van der Waals surface area contributed by atoms with Crippen LogP contribution in [0.1, 0.15) is 5.82 Å². The third-order valence-corrected chi connectivity index (χ3v) is 2.09. The second-order valence-corrected chi connectivity index (χ2v) is 4.63. The van der Waals surface area contributed by atoms with Crippen LogP contribution in [-0.2, 0) is 15.8 Å². The van der Waals surface area contributed by atoms with Crippen molar-refractivity contribution in [1.82, 2.24) is 9.97 Å². The van der Waals surface area contributed by atoms with E-state index in [4.69, 9.17) is 28.3 Å². The minimum Gasteiger partial charge on any atom is -0.228 e. The van der Waals surface area contributed by atoms with Gasteiger partial charge in [-0.3, -0.25) is 0 Å². The van der Waals surface area contributed by atoms with E-state index < -0.39 is 15.8 Å². The summed E-state index contributed by atoms with van der Waals surface area (Å²) in [5.74, 6) is -0.493. The molecule has 0 atom stereocenters. The van der Waals surface area contributed by atoms with Crippen LogP contribution >= 0.6 is 23.2 Å². The zero-order valence-corrected chi connectivity index (χ0v) is 8.57. The molecule has 1 heterocycles. The van der Waals surface area contributed by atoms with Gasteiger partial charge in [0, 0.05) is 6.07 Å². The largest absolute Gasteiger partial charge is 0.228 e. The fraction of sp³-hybridized carbons (Fsp3) is 0.200. The third kappa shape index (κ3) is 3.86. The Morgan fingerprint density at radius 2 is 1.77 bits per heavy atom. The average Bonchev–Trinajstić information content (AvgIpc) is 1.78. The summed E-state index contributed by atoms with van der Waals surface area (Å²) in [6.07, 6.45) is 0. The summed E-state index contributed by atoms with van der Waals surface area (Å²) in [5, 5.41) is 4.94. The molecule has 8 heteroatoms. The number of nitrogens with two attached hydrogens (primary N) is 1. The number of rotatable bonds is 2. The monoisotopic (exact) mass is 241 g/mol. The molecule has 0 saturated carbocycles. The molecule has 2 N–H and O–H groups in total. The van der Waals surface area contributed by atoms with Crippen molar-refractivity contribution in [2.24, 2.45) is 5.14 Å². The first-order valence-electron chi connectivity index (χ1n) is 3.06. The van der Waals surface area contributed by atoms with Gasteiger partial charge in [0.05, 0.1) is 0 Å². The van der Waals surface area contributed by atoms with E-state index in [9.17, 15) is 8.42 Å². The van der Waals surface area contributed by atoms with E-state index in [1.165, 1.54) is 6.07 Å². The molecule has 0 aliphatic rings. The smallest absolute Gasteiger partial charge is 0.216 e. The number of nitrogens with zero attached hydrogens (tertiary/aromatic N) is 2. The number of halogens is 2. The van der Waals surface area contributed by atoms with Crippen LogP contribution < -0.4 is 5.14 Å². The number of aromatic nitrogens is 2. The molecule has 13 heavy (non-hydrogen) atoms. The van der Waals surface area contributed by atoms with Crippen LogP contribution in [0.4, 0.5) is 0 Å². The van der Waals surface area contributed by atoms with Crippen LogP contribution in [0.2, 0.25) is 10.3 Å². The molecule has 0 bridgehead atoms. The topological polar surface area (TPSA) is 85.9 Å². The zero-order valence-electron chi connectivity index (χ0n) is 6.24. The second-order valence-electron chi connectivity index (χ2n) is 2.24. The van der Waals surface area contributed by atoms with Crippen LogP contribution in [0, 0.1) is 0 Å². The van der Waals surface area contributed by atoms with Crippen molar-refractivity contribution in [2.45, 2.75) is 5.75 Å². The maximum atomic E-state index is 10.6. The summed E-state index contributed by atoms with van der Waals surface area (Å²) in [7, 11) is -3.65. The predicted octanol–water partition coefficient (Wildman–Crippen LogP) is 0.572. The summed E-state index contributed by atoms with van der Waals surface area (Å²) < 4.78 is 21.3. The maximum absolute atomic E-state index is 10.6. The Hall–Kier alpha value is -0.430. The summed E-state index contributed by atoms with van der Waals surface area (Å²) in [6.45, 7) is 0. The van der Waals surface area contributed by atoms with Crippen LogP contribution in [0.5, 0.6) is 0 Å². The lowest BCUT2D eigenvalue weighted by Gasteiger charge is -1.98. The highest BCUT2D eigenvalue weighted by Gasteiger charge is 2.09. The number of hydrogen-bond donors (Lipinski definition) is 1. The van der Waals surface area contributed by atoms with Gasteiger partial charge in [0.25, 0.3) is 0 Å². The van der Waals surface area contributed by atoms with Gasteiger partial charge < -0.3 is 0 Å². The molecule has 0 unspecified atom stereocenters. The summed E-state index contributed by atoms with van der Waals surface area (Å²) in [4.78, 5) is 7.26. The molecule has 0 aliphatic carbocycles. The van der Waals surface area contributed by atoms with Gasteiger partial charge in [-0.05, 0) is 0 Å². The van der Waals surface area contributed by atoms with Crippen molar-refractivity contribution in [1.29, 1.82) is 0 Å². The highest BCUT2D eigenvalue weighted by molar-refractivity contribution is 7.88. The molecule has 1 aromatic rings. The van der Waals surface area contributed by atoms with E-state index in [0.29, 0.717) is 0 Å². The van der Waals surface area contributed by atoms with Gasteiger partial charge in [-0.15, -0.1) is 0 Å². The average molecular weight is 242 g/mol. The van der Waals surface area contributed by atoms with Gasteiger partial charge in [0.2, 0.25) is 10.0 Å². The van der Waals surface area contributed by atoms with Gasteiger partial charge >= 0.3 is 0 Å². The Morgan fingerprint density at radius 1 is 1.31 bits per heavy atom. The lowest BCUT2D eigenvalue weighted by molar-refractivity contribution is 0.595. The number of sulfonamides is 1. The standard InChI is InChI=1S/C5H5Cl2N3O2S/c6-3-1-4(7)10-5(9-3)2-13(8,11)12/h1H,2H2,(H2,8,11,12). The minimum absolute atomic E-state index is 0.0139. The van der Waals surface area contributed by atoms with E-state index >= 15 is 0 Å². The van der Waals surface area contributed by atoms with Crippen molar-refractivity contribution in [3.05, 3.63) is 22.2 Å². The second kappa shape index (κ2) is 3.75. The van der Waals surface area contributed by atoms with E-state index in [0.717, 1.165) is 0 Å². The maximum Gasteiger partial charge on any atom is 0.216 e. The van der Waals surface area contributed by atoms with E-state index in [2.05, 4.69) is 9.97 Å². The van der Waals surface area contributed by atoms with E-state index in [-0.39, 0.29) is 16.1 Å². The Balaban J connectivity index is 3.03. The predicted molar refractivity (Wildman–Crippen MR) is 48.9 cm³/mol. The van der Waals surface area contributed by atoms with Crippen LogP contribution in [0.25, 0.3) is 0 Å². The van der Waals surface area contributed by atoms with E-state index in [1.807, 2.05) is 0 Å². The molecule has 0 spiro atoms. The Morgan fingerprint density at radius 3 is 2.15 bits per heavy atom. The van der Waals surface area contributed by atoms with Crippen molar-refractivity contribution >= 4 is 33.2 Å². The number of hydrogen-bond acceptors (Lipinski definition) is 4. The quantitative estimate of drug-likeness (QED) is 0.768. The Kier molecular flexibility index (Phi) is 3.07. The van der Waals surface area contributed by atoms with Crippen molar-refractivity contribution < 1.29 is 8.42 Å². The molecular formula is C5H5Cl2N3O2S. The normalized spacial score (nSPS) is 11.6. The van der Waals surface area contributed by atoms with Gasteiger partial charge in [-0.25, -0.2) is 23.5 Å². The van der Waals surface area contributed by atoms with Crippen LogP contribution in [0.15, 0.2) is 6.07 Å². The highest BCUT2D eigenvalue weighted by atomic mass is 35.5. The summed E-state index contributed by atoms with van der Waals surface area (Å²) >= 11 is 11.0.